The topological polar surface area (TPSA) is 73.6 Å². The van der Waals surface area contributed by atoms with Crippen molar-refractivity contribution in [1.29, 1.82) is 0 Å². The van der Waals surface area contributed by atoms with Crippen LogP contribution >= 0.6 is 0 Å². The van der Waals surface area contributed by atoms with Crippen LogP contribution in [0.25, 0.3) is 0 Å². The summed E-state index contributed by atoms with van der Waals surface area (Å²) in [5.41, 5.74) is 5.40. The SMILES string of the molecule is Nc1ccc(OCC(=O)NC2CCOCC2)cc1F. The summed E-state index contributed by atoms with van der Waals surface area (Å²) in [5.74, 6) is -0.486. The Labute approximate surface area is 110 Å². The third-order valence-electron chi connectivity index (χ3n) is 2.93. The third-order valence-corrected chi connectivity index (χ3v) is 2.93. The molecule has 0 bridgehead atoms. The normalized spacial score (nSPS) is 16.1. The number of hydrogen-bond donors (Lipinski definition) is 2. The highest BCUT2D eigenvalue weighted by Crippen LogP contribution is 2.17. The van der Waals surface area contributed by atoms with Gasteiger partial charge < -0.3 is 20.5 Å². The van der Waals surface area contributed by atoms with E-state index in [1.165, 1.54) is 12.1 Å². The van der Waals surface area contributed by atoms with Crippen LogP contribution in [-0.4, -0.2) is 31.8 Å². The van der Waals surface area contributed by atoms with Gasteiger partial charge in [-0.05, 0) is 25.0 Å². The highest BCUT2D eigenvalue weighted by Gasteiger charge is 2.16. The quantitative estimate of drug-likeness (QED) is 0.801. The summed E-state index contributed by atoms with van der Waals surface area (Å²) in [6.45, 7) is 1.19. The van der Waals surface area contributed by atoms with Crippen molar-refractivity contribution < 1.29 is 18.7 Å². The van der Waals surface area contributed by atoms with Crippen LogP contribution < -0.4 is 15.8 Å². The first-order valence-corrected chi connectivity index (χ1v) is 6.20. The number of amides is 1. The standard InChI is InChI=1S/C13H17FN2O3/c14-11-7-10(1-2-12(11)15)19-8-13(17)16-9-3-5-18-6-4-9/h1-2,7,9H,3-6,8,15H2,(H,16,17). The molecule has 3 N–H and O–H groups in total. The molecule has 1 fully saturated rings. The highest BCUT2D eigenvalue weighted by molar-refractivity contribution is 5.77. The van der Waals surface area contributed by atoms with Gasteiger partial charge in [0.15, 0.2) is 6.61 Å². The number of benzene rings is 1. The first kappa shape index (κ1) is 13.6. The Kier molecular flexibility index (Phi) is 4.57. The lowest BCUT2D eigenvalue weighted by atomic mass is 10.1. The van der Waals surface area contributed by atoms with Gasteiger partial charge in [-0.2, -0.15) is 0 Å². The van der Waals surface area contributed by atoms with Gasteiger partial charge in [0.1, 0.15) is 11.6 Å². The second-order valence-electron chi connectivity index (χ2n) is 4.43. The van der Waals surface area contributed by atoms with E-state index in [2.05, 4.69) is 5.32 Å². The van der Waals surface area contributed by atoms with Gasteiger partial charge >= 0.3 is 0 Å². The fraction of sp³-hybridized carbons (Fsp3) is 0.462. The number of nitrogens with two attached hydrogens (primary N) is 1. The molecule has 0 radical (unpaired) electrons. The maximum Gasteiger partial charge on any atom is 0.258 e. The maximum absolute atomic E-state index is 13.2. The van der Waals surface area contributed by atoms with Crippen molar-refractivity contribution in [3.8, 4) is 5.75 Å². The van der Waals surface area contributed by atoms with Gasteiger partial charge in [0.2, 0.25) is 0 Å². The minimum atomic E-state index is -0.553. The Bertz CT molecular complexity index is 448. The lowest BCUT2D eigenvalue weighted by Crippen LogP contribution is -2.41. The molecule has 0 spiro atoms. The van der Waals surface area contributed by atoms with Crippen molar-refractivity contribution in [1.82, 2.24) is 5.32 Å². The number of hydrogen-bond acceptors (Lipinski definition) is 4. The van der Waals surface area contributed by atoms with Gasteiger partial charge in [-0.15, -0.1) is 0 Å². The third kappa shape index (κ3) is 4.10. The summed E-state index contributed by atoms with van der Waals surface area (Å²) >= 11 is 0. The number of carbonyl (C=O) groups is 1. The molecule has 19 heavy (non-hydrogen) atoms. The molecule has 1 aromatic rings. The second kappa shape index (κ2) is 6.38. The van der Waals surface area contributed by atoms with Gasteiger partial charge in [-0.25, -0.2) is 4.39 Å². The molecule has 1 aliphatic rings. The van der Waals surface area contributed by atoms with E-state index >= 15 is 0 Å². The minimum absolute atomic E-state index is 0.0546. The van der Waals surface area contributed by atoms with Crippen molar-refractivity contribution in [3.63, 3.8) is 0 Å². The molecule has 1 amide bonds. The molecular weight excluding hydrogens is 251 g/mol. The van der Waals surface area contributed by atoms with Crippen LogP contribution in [0.15, 0.2) is 18.2 Å². The zero-order chi connectivity index (χ0) is 13.7. The molecule has 2 rings (SSSR count). The lowest BCUT2D eigenvalue weighted by molar-refractivity contribution is -0.124. The second-order valence-corrected chi connectivity index (χ2v) is 4.43. The number of ether oxygens (including phenoxy) is 2. The predicted molar refractivity (Wildman–Crippen MR) is 68.3 cm³/mol. The number of rotatable bonds is 4. The summed E-state index contributed by atoms with van der Waals surface area (Å²) in [6.07, 6.45) is 1.62. The van der Waals surface area contributed by atoms with Crippen molar-refractivity contribution >= 4 is 11.6 Å². The van der Waals surface area contributed by atoms with Gasteiger partial charge in [-0.1, -0.05) is 0 Å². The molecule has 104 valence electrons. The molecular formula is C13H17FN2O3. The molecule has 0 aromatic heterocycles. The molecule has 6 heteroatoms. The van der Waals surface area contributed by atoms with E-state index in [0.29, 0.717) is 13.2 Å². The van der Waals surface area contributed by atoms with E-state index in [4.69, 9.17) is 15.2 Å². The summed E-state index contributed by atoms with van der Waals surface area (Å²) < 4.78 is 23.6. The van der Waals surface area contributed by atoms with E-state index in [0.717, 1.165) is 18.9 Å². The van der Waals surface area contributed by atoms with Crippen LogP contribution in [-0.2, 0) is 9.53 Å². The summed E-state index contributed by atoms with van der Waals surface area (Å²) in [7, 11) is 0. The van der Waals surface area contributed by atoms with Crippen molar-refractivity contribution in [2.24, 2.45) is 0 Å². The monoisotopic (exact) mass is 268 g/mol. The van der Waals surface area contributed by atoms with E-state index < -0.39 is 5.82 Å². The number of carbonyl (C=O) groups excluding carboxylic acids is 1. The van der Waals surface area contributed by atoms with E-state index in [-0.39, 0.29) is 30.0 Å². The lowest BCUT2D eigenvalue weighted by Gasteiger charge is -2.23. The number of nitrogens with one attached hydrogen (secondary N) is 1. The smallest absolute Gasteiger partial charge is 0.258 e. The molecule has 5 nitrogen and oxygen atoms in total. The summed E-state index contributed by atoms with van der Waals surface area (Å²) in [6, 6.07) is 4.23. The van der Waals surface area contributed by atoms with Crippen LogP contribution in [0, 0.1) is 5.82 Å². The van der Waals surface area contributed by atoms with Crippen LogP contribution in [0.4, 0.5) is 10.1 Å². The molecule has 1 aromatic carbocycles. The van der Waals surface area contributed by atoms with Gasteiger partial charge in [0.25, 0.3) is 5.91 Å². The Morgan fingerprint density at radius 1 is 1.47 bits per heavy atom. The first-order valence-electron chi connectivity index (χ1n) is 6.20. The Balaban J connectivity index is 1.77. The number of halogens is 1. The van der Waals surface area contributed by atoms with Crippen molar-refractivity contribution in [2.45, 2.75) is 18.9 Å². The summed E-state index contributed by atoms with van der Waals surface area (Å²) in [4.78, 5) is 11.6. The van der Waals surface area contributed by atoms with Gasteiger partial charge in [-0.3, -0.25) is 4.79 Å². The predicted octanol–water partition coefficient (Wildman–Crippen LogP) is 1.08. The van der Waals surface area contributed by atoms with E-state index in [1.807, 2.05) is 0 Å². The molecule has 0 saturated carbocycles. The number of nitrogen functional groups attached to an aromatic ring is 1. The van der Waals surface area contributed by atoms with Crippen LogP contribution in [0.5, 0.6) is 5.75 Å². The maximum atomic E-state index is 13.2. The van der Waals surface area contributed by atoms with Crippen LogP contribution in [0.2, 0.25) is 0 Å². The van der Waals surface area contributed by atoms with E-state index in [9.17, 15) is 9.18 Å². The van der Waals surface area contributed by atoms with Gasteiger partial charge in [0, 0.05) is 25.3 Å². The highest BCUT2D eigenvalue weighted by atomic mass is 19.1. The van der Waals surface area contributed by atoms with Crippen molar-refractivity contribution in [3.05, 3.63) is 24.0 Å². The average Bonchev–Trinajstić information content (AvgIpc) is 2.41. The Morgan fingerprint density at radius 3 is 2.89 bits per heavy atom. The first-order chi connectivity index (χ1) is 9.15. The molecule has 1 heterocycles. The largest absolute Gasteiger partial charge is 0.484 e. The zero-order valence-corrected chi connectivity index (χ0v) is 10.5. The molecule has 1 aliphatic heterocycles. The zero-order valence-electron chi connectivity index (χ0n) is 10.5. The number of anilines is 1. The molecule has 0 aliphatic carbocycles. The molecule has 0 unspecified atom stereocenters. The fourth-order valence-corrected chi connectivity index (χ4v) is 1.86. The molecule has 1 saturated heterocycles. The minimum Gasteiger partial charge on any atom is -0.484 e. The van der Waals surface area contributed by atoms with Crippen LogP contribution in [0.1, 0.15) is 12.8 Å². The van der Waals surface area contributed by atoms with Crippen molar-refractivity contribution in [2.75, 3.05) is 25.6 Å². The molecule has 0 atom stereocenters. The Morgan fingerprint density at radius 2 is 2.21 bits per heavy atom. The average molecular weight is 268 g/mol. The van der Waals surface area contributed by atoms with Crippen LogP contribution in [0.3, 0.4) is 0 Å². The fourth-order valence-electron chi connectivity index (χ4n) is 1.86. The van der Waals surface area contributed by atoms with Gasteiger partial charge in [0.05, 0.1) is 5.69 Å². The summed E-state index contributed by atoms with van der Waals surface area (Å²) in [5, 5.41) is 2.85. The Hall–Kier alpha value is -1.82. The van der Waals surface area contributed by atoms with E-state index in [1.54, 1.807) is 0 Å².